The van der Waals surface area contributed by atoms with Crippen molar-refractivity contribution in [1.82, 2.24) is 4.90 Å². The average molecular weight is 261 g/mol. The smallest absolute Gasteiger partial charge is 0.238 e. The fraction of sp³-hybridized carbons (Fsp3) is 0.500. The van der Waals surface area contributed by atoms with E-state index in [9.17, 15) is 4.79 Å². The van der Waals surface area contributed by atoms with Crippen molar-refractivity contribution in [2.75, 3.05) is 30.7 Å². The lowest BCUT2D eigenvalue weighted by Gasteiger charge is -2.31. The number of carbonyl (C=O) groups is 1. The Morgan fingerprint density at radius 3 is 2.68 bits per heavy atom. The number of ether oxygens (including phenoxy) is 1. The van der Waals surface area contributed by atoms with Crippen molar-refractivity contribution >= 4 is 17.3 Å². The normalized spacial score (nSPS) is 26.3. The molecule has 3 N–H and O–H groups in total. The number of morpholine rings is 1. The zero-order chi connectivity index (χ0) is 13.2. The molecule has 1 aromatic rings. The van der Waals surface area contributed by atoms with Gasteiger partial charge in [0, 0.05) is 13.1 Å². The average Bonchev–Trinajstić information content (AvgIpc) is 2.72. The molecule has 2 aliphatic rings. The van der Waals surface area contributed by atoms with Crippen LogP contribution in [0.15, 0.2) is 24.3 Å². The van der Waals surface area contributed by atoms with E-state index in [4.69, 9.17) is 10.5 Å². The van der Waals surface area contributed by atoms with Gasteiger partial charge in [-0.25, -0.2) is 0 Å². The van der Waals surface area contributed by atoms with Crippen molar-refractivity contribution in [2.45, 2.75) is 25.0 Å². The van der Waals surface area contributed by atoms with Crippen LogP contribution in [0, 0.1) is 0 Å². The van der Waals surface area contributed by atoms with E-state index >= 15 is 0 Å². The number of likely N-dealkylation sites (tertiary alicyclic amines) is 1. The van der Waals surface area contributed by atoms with E-state index in [0.717, 1.165) is 25.9 Å². The Morgan fingerprint density at radius 2 is 2.00 bits per heavy atom. The first kappa shape index (κ1) is 12.4. The molecule has 2 heterocycles. The molecule has 19 heavy (non-hydrogen) atoms. The van der Waals surface area contributed by atoms with E-state index in [0.29, 0.717) is 30.1 Å². The molecule has 2 unspecified atom stereocenters. The Morgan fingerprint density at radius 1 is 1.32 bits per heavy atom. The SMILES string of the molecule is Nc1ccccc1NC(=O)CN1CC2CCC(C1)O2. The fourth-order valence-corrected chi connectivity index (χ4v) is 2.83. The monoisotopic (exact) mass is 261 g/mol. The van der Waals surface area contributed by atoms with Gasteiger partial charge in [0.25, 0.3) is 0 Å². The van der Waals surface area contributed by atoms with Crippen molar-refractivity contribution in [3.63, 3.8) is 0 Å². The van der Waals surface area contributed by atoms with E-state index in [-0.39, 0.29) is 5.91 Å². The van der Waals surface area contributed by atoms with Crippen molar-refractivity contribution in [3.8, 4) is 0 Å². The van der Waals surface area contributed by atoms with Crippen LogP contribution < -0.4 is 11.1 Å². The van der Waals surface area contributed by atoms with Gasteiger partial charge < -0.3 is 15.8 Å². The van der Waals surface area contributed by atoms with Gasteiger partial charge in [-0.05, 0) is 25.0 Å². The molecule has 3 rings (SSSR count). The molecule has 0 spiro atoms. The van der Waals surface area contributed by atoms with Gasteiger partial charge in [0.15, 0.2) is 0 Å². The van der Waals surface area contributed by atoms with Crippen molar-refractivity contribution in [2.24, 2.45) is 0 Å². The molecule has 0 aliphatic carbocycles. The predicted molar refractivity (Wildman–Crippen MR) is 73.8 cm³/mol. The summed E-state index contributed by atoms with van der Waals surface area (Å²) in [5, 5.41) is 2.86. The van der Waals surface area contributed by atoms with Gasteiger partial charge >= 0.3 is 0 Å². The molecule has 2 atom stereocenters. The number of rotatable bonds is 3. The van der Waals surface area contributed by atoms with Crippen LogP contribution in [0.5, 0.6) is 0 Å². The van der Waals surface area contributed by atoms with Gasteiger partial charge in [-0.1, -0.05) is 12.1 Å². The first-order valence-corrected chi connectivity index (χ1v) is 6.73. The first-order valence-electron chi connectivity index (χ1n) is 6.73. The van der Waals surface area contributed by atoms with Crippen LogP contribution in [0.2, 0.25) is 0 Å². The third-order valence-electron chi connectivity index (χ3n) is 3.72. The molecule has 102 valence electrons. The van der Waals surface area contributed by atoms with Crippen molar-refractivity contribution in [1.29, 1.82) is 0 Å². The Balaban J connectivity index is 1.56. The number of carbonyl (C=O) groups excluding carboxylic acids is 1. The van der Waals surface area contributed by atoms with Gasteiger partial charge in [0.2, 0.25) is 5.91 Å². The van der Waals surface area contributed by atoms with Gasteiger partial charge in [0.1, 0.15) is 0 Å². The number of para-hydroxylation sites is 2. The maximum Gasteiger partial charge on any atom is 0.238 e. The second kappa shape index (κ2) is 5.19. The highest BCUT2D eigenvalue weighted by atomic mass is 16.5. The van der Waals surface area contributed by atoms with Crippen LogP contribution >= 0.6 is 0 Å². The molecule has 0 aromatic heterocycles. The number of nitrogen functional groups attached to an aromatic ring is 1. The molecule has 0 saturated carbocycles. The molecular weight excluding hydrogens is 242 g/mol. The van der Waals surface area contributed by atoms with Crippen LogP contribution in [0.4, 0.5) is 11.4 Å². The van der Waals surface area contributed by atoms with Gasteiger partial charge in [-0.3, -0.25) is 9.69 Å². The summed E-state index contributed by atoms with van der Waals surface area (Å²) in [7, 11) is 0. The maximum atomic E-state index is 12.0. The molecule has 1 amide bonds. The lowest BCUT2D eigenvalue weighted by atomic mass is 10.2. The van der Waals surface area contributed by atoms with Crippen LogP contribution in [-0.2, 0) is 9.53 Å². The quantitative estimate of drug-likeness (QED) is 0.799. The maximum absolute atomic E-state index is 12.0. The molecule has 2 aliphatic heterocycles. The zero-order valence-corrected chi connectivity index (χ0v) is 10.8. The minimum absolute atomic E-state index is 0.0146. The number of nitrogens with two attached hydrogens (primary N) is 1. The molecule has 5 nitrogen and oxygen atoms in total. The third kappa shape index (κ3) is 2.88. The van der Waals surface area contributed by atoms with Crippen molar-refractivity contribution in [3.05, 3.63) is 24.3 Å². The van der Waals surface area contributed by atoms with Crippen LogP contribution in [0.25, 0.3) is 0 Å². The second-order valence-corrected chi connectivity index (χ2v) is 5.29. The van der Waals surface area contributed by atoms with E-state index in [1.54, 1.807) is 6.07 Å². The third-order valence-corrected chi connectivity index (χ3v) is 3.72. The van der Waals surface area contributed by atoms with Gasteiger partial charge in [0.05, 0.1) is 30.1 Å². The Bertz CT molecular complexity index is 466. The van der Waals surface area contributed by atoms with Crippen LogP contribution in [-0.4, -0.2) is 42.6 Å². The fourth-order valence-electron chi connectivity index (χ4n) is 2.83. The Hall–Kier alpha value is -1.59. The second-order valence-electron chi connectivity index (χ2n) is 5.29. The number of hydrogen-bond donors (Lipinski definition) is 2. The summed E-state index contributed by atoms with van der Waals surface area (Å²) in [6.45, 7) is 2.12. The largest absolute Gasteiger partial charge is 0.397 e. The minimum Gasteiger partial charge on any atom is -0.397 e. The lowest BCUT2D eigenvalue weighted by Crippen LogP contribution is -2.45. The van der Waals surface area contributed by atoms with Crippen molar-refractivity contribution < 1.29 is 9.53 Å². The lowest BCUT2D eigenvalue weighted by molar-refractivity contribution is -0.119. The van der Waals surface area contributed by atoms with Gasteiger partial charge in [-0.2, -0.15) is 0 Å². The van der Waals surface area contributed by atoms with Crippen LogP contribution in [0.3, 0.4) is 0 Å². The summed E-state index contributed by atoms with van der Waals surface area (Å²) >= 11 is 0. The molecule has 2 fully saturated rings. The summed E-state index contributed by atoms with van der Waals surface area (Å²) in [5.41, 5.74) is 7.09. The number of amides is 1. The topological polar surface area (TPSA) is 67.6 Å². The van der Waals surface area contributed by atoms with E-state index in [1.807, 2.05) is 18.2 Å². The number of nitrogens with one attached hydrogen (secondary N) is 1. The molecule has 2 saturated heterocycles. The summed E-state index contributed by atoms with van der Waals surface area (Å²) in [6.07, 6.45) is 2.87. The predicted octanol–water partition coefficient (Wildman–Crippen LogP) is 1.07. The van der Waals surface area contributed by atoms with E-state index in [1.165, 1.54) is 0 Å². The molecular formula is C14H19N3O2. The summed E-state index contributed by atoms with van der Waals surface area (Å²) in [6, 6.07) is 7.31. The number of nitrogens with zero attached hydrogens (tertiary/aromatic N) is 1. The summed E-state index contributed by atoms with van der Waals surface area (Å²) in [4.78, 5) is 14.2. The standard InChI is InChI=1S/C14H19N3O2/c15-12-3-1-2-4-13(12)16-14(18)9-17-7-10-5-6-11(8-17)19-10/h1-4,10-11H,5-9,15H2,(H,16,18). The number of hydrogen-bond acceptors (Lipinski definition) is 4. The van der Waals surface area contributed by atoms with Gasteiger partial charge in [-0.15, -0.1) is 0 Å². The number of benzene rings is 1. The molecule has 5 heteroatoms. The molecule has 2 bridgehead atoms. The highest BCUT2D eigenvalue weighted by Crippen LogP contribution is 2.26. The Kier molecular flexibility index (Phi) is 3.40. The molecule has 0 radical (unpaired) electrons. The highest BCUT2D eigenvalue weighted by Gasteiger charge is 2.34. The summed E-state index contributed by atoms with van der Waals surface area (Å²) < 4.78 is 5.75. The molecule has 1 aromatic carbocycles. The van der Waals surface area contributed by atoms with E-state index in [2.05, 4.69) is 10.2 Å². The zero-order valence-electron chi connectivity index (χ0n) is 10.8. The first-order chi connectivity index (χ1) is 9.20. The highest BCUT2D eigenvalue weighted by molar-refractivity contribution is 5.95. The summed E-state index contributed by atoms with van der Waals surface area (Å²) in [5.74, 6) is -0.0146. The number of anilines is 2. The number of fused-ring (bicyclic) bond motifs is 2. The van der Waals surface area contributed by atoms with E-state index < -0.39 is 0 Å². The Labute approximate surface area is 112 Å². The minimum atomic E-state index is -0.0146. The van der Waals surface area contributed by atoms with Crippen LogP contribution in [0.1, 0.15) is 12.8 Å².